The summed E-state index contributed by atoms with van der Waals surface area (Å²) in [5, 5.41) is 6.76. The van der Waals surface area contributed by atoms with Crippen LogP contribution in [-0.2, 0) is 0 Å². The Morgan fingerprint density at radius 3 is 2.61 bits per heavy atom. The van der Waals surface area contributed by atoms with Gasteiger partial charge in [0.1, 0.15) is 30.1 Å². The number of carbonyl (C=O) groups is 1. The molecule has 1 saturated heterocycles. The summed E-state index contributed by atoms with van der Waals surface area (Å²) in [6.45, 7) is 4.00. The number of anilines is 1. The van der Waals surface area contributed by atoms with E-state index in [-0.39, 0.29) is 12.1 Å². The van der Waals surface area contributed by atoms with Crippen LogP contribution in [-0.4, -0.2) is 58.2 Å². The number of hydrogen-bond acceptors (Lipinski definition) is 6. The van der Waals surface area contributed by atoms with Gasteiger partial charge in [-0.2, -0.15) is 0 Å². The van der Waals surface area contributed by atoms with Crippen LogP contribution in [0.2, 0.25) is 5.02 Å². The number of halogens is 1. The summed E-state index contributed by atoms with van der Waals surface area (Å²) in [5.74, 6) is 1.76. The van der Waals surface area contributed by atoms with Crippen LogP contribution < -0.4 is 20.1 Å². The van der Waals surface area contributed by atoms with Gasteiger partial charge >= 0.3 is 6.03 Å². The Bertz CT molecular complexity index is 1430. The minimum absolute atomic E-state index is 0.262. The van der Waals surface area contributed by atoms with Crippen LogP contribution in [0.15, 0.2) is 54.9 Å². The highest BCUT2D eigenvalue weighted by Crippen LogP contribution is 2.34. The standard InChI is InChI=1S/C28H29ClN6O3/c29-23-15-21(9-10-24(23)34-28(36)32-19-5-6-19)38-27-22-16-25(33-26(22)30-17-31-27)18-3-7-20(8-4-18)37-14-13-35-11-1-2-12-35/h3-4,7-10,15-17,19H,1-2,5-6,11-14H2,(H,30,31,33)(H2,32,34,36). The van der Waals surface area contributed by atoms with E-state index >= 15 is 0 Å². The number of urea groups is 1. The fourth-order valence-corrected chi connectivity index (χ4v) is 4.75. The Kier molecular flexibility index (Phi) is 7.02. The number of aromatic nitrogens is 3. The third kappa shape index (κ3) is 5.84. The third-order valence-corrected chi connectivity index (χ3v) is 7.06. The maximum absolute atomic E-state index is 12.0. The minimum atomic E-state index is -0.262. The summed E-state index contributed by atoms with van der Waals surface area (Å²) in [6.07, 6.45) is 6.05. The van der Waals surface area contributed by atoms with Crippen molar-refractivity contribution >= 4 is 34.4 Å². The number of nitrogens with zero attached hydrogens (tertiary/aromatic N) is 3. The maximum atomic E-state index is 12.0. The zero-order valence-corrected chi connectivity index (χ0v) is 21.6. The second-order valence-electron chi connectivity index (χ2n) is 9.66. The van der Waals surface area contributed by atoms with E-state index in [4.69, 9.17) is 21.1 Å². The van der Waals surface area contributed by atoms with E-state index in [1.807, 2.05) is 30.3 Å². The molecule has 1 saturated carbocycles. The van der Waals surface area contributed by atoms with Crippen molar-refractivity contribution in [1.82, 2.24) is 25.2 Å². The van der Waals surface area contributed by atoms with Crippen molar-refractivity contribution in [3.63, 3.8) is 0 Å². The zero-order chi connectivity index (χ0) is 25.9. The van der Waals surface area contributed by atoms with Gasteiger partial charge in [0.05, 0.1) is 16.1 Å². The van der Waals surface area contributed by atoms with Crippen molar-refractivity contribution in [1.29, 1.82) is 0 Å². The Hall–Kier alpha value is -3.82. The molecule has 2 aliphatic rings. The zero-order valence-electron chi connectivity index (χ0n) is 20.9. The van der Waals surface area contributed by atoms with Gasteiger partial charge in [-0.25, -0.2) is 14.8 Å². The summed E-state index contributed by atoms with van der Waals surface area (Å²) in [7, 11) is 0. The lowest BCUT2D eigenvalue weighted by Gasteiger charge is -2.14. The molecule has 2 fully saturated rings. The van der Waals surface area contributed by atoms with Gasteiger partial charge in [-0.05, 0) is 86.8 Å². The lowest BCUT2D eigenvalue weighted by molar-refractivity contribution is 0.238. The first-order chi connectivity index (χ1) is 18.6. The lowest BCUT2D eigenvalue weighted by atomic mass is 10.1. The molecule has 2 aromatic heterocycles. The predicted molar refractivity (Wildman–Crippen MR) is 147 cm³/mol. The van der Waals surface area contributed by atoms with E-state index in [9.17, 15) is 4.79 Å². The minimum Gasteiger partial charge on any atom is -0.492 e. The number of benzene rings is 2. The Labute approximate surface area is 225 Å². The van der Waals surface area contributed by atoms with Crippen LogP contribution in [0.4, 0.5) is 10.5 Å². The number of aromatic amines is 1. The smallest absolute Gasteiger partial charge is 0.319 e. The van der Waals surface area contributed by atoms with Gasteiger partial charge < -0.3 is 25.1 Å². The molecule has 3 N–H and O–H groups in total. The fraction of sp³-hybridized carbons (Fsp3) is 0.321. The summed E-state index contributed by atoms with van der Waals surface area (Å²) < 4.78 is 12.0. The van der Waals surface area contributed by atoms with Crippen LogP contribution >= 0.6 is 11.6 Å². The average molecular weight is 533 g/mol. The first-order valence-electron chi connectivity index (χ1n) is 12.9. The van der Waals surface area contributed by atoms with E-state index < -0.39 is 0 Å². The Balaban J connectivity index is 1.12. The first-order valence-corrected chi connectivity index (χ1v) is 13.3. The van der Waals surface area contributed by atoms with Crippen molar-refractivity contribution in [3.8, 4) is 28.6 Å². The van der Waals surface area contributed by atoms with Gasteiger partial charge in [0.25, 0.3) is 0 Å². The highest BCUT2D eigenvalue weighted by Gasteiger charge is 2.23. The molecule has 196 valence electrons. The number of ether oxygens (including phenoxy) is 2. The summed E-state index contributed by atoms with van der Waals surface area (Å²) in [5.41, 5.74) is 3.08. The van der Waals surface area contributed by atoms with Crippen molar-refractivity contribution in [2.24, 2.45) is 0 Å². The summed E-state index contributed by atoms with van der Waals surface area (Å²) in [6, 6.07) is 15.1. The quantitative estimate of drug-likeness (QED) is 0.250. The average Bonchev–Trinajstić information content (AvgIpc) is 3.37. The predicted octanol–water partition coefficient (Wildman–Crippen LogP) is 5.83. The number of H-pyrrole nitrogens is 1. The molecule has 2 amide bonds. The number of likely N-dealkylation sites (tertiary alicyclic amines) is 1. The van der Waals surface area contributed by atoms with Crippen LogP contribution in [0.1, 0.15) is 25.7 Å². The molecule has 38 heavy (non-hydrogen) atoms. The Morgan fingerprint density at radius 1 is 1.05 bits per heavy atom. The molecule has 0 bridgehead atoms. The number of hydrogen-bond donors (Lipinski definition) is 3. The monoisotopic (exact) mass is 532 g/mol. The molecule has 0 radical (unpaired) electrons. The lowest BCUT2D eigenvalue weighted by Crippen LogP contribution is -2.30. The van der Waals surface area contributed by atoms with Crippen LogP contribution in [0.5, 0.6) is 17.4 Å². The molecule has 0 spiro atoms. The normalized spacial score (nSPS) is 15.5. The topological polar surface area (TPSA) is 104 Å². The summed E-state index contributed by atoms with van der Waals surface area (Å²) in [4.78, 5) is 26.5. The molecule has 4 aromatic rings. The van der Waals surface area contributed by atoms with E-state index in [0.717, 1.165) is 41.8 Å². The molecular formula is C28H29ClN6O3. The SMILES string of the molecule is O=C(Nc1ccc(Oc2ncnc3[nH]c(-c4ccc(OCCN5CCCC5)cc4)cc23)cc1Cl)NC1CC1. The molecule has 6 rings (SSSR count). The molecule has 0 unspecified atom stereocenters. The van der Waals surface area contributed by atoms with Crippen LogP contribution in [0.3, 0.4) is 0 Å². The van der Waals surface area contributed by atoms with Gasteiger partial charge in [0, 0.05) is 24.3 Å². The molecule has 10 heteroatoms. The molecule has 2 aromatic carbocycles. The van der Waals surface area contributed by atoms with Crippen molar-refractivity contribution in [2.75, 3.05) is 31.6 Å². The van der Waals surface area contributed by atoms with E-state index in [1.54, 1.807) is 18.2 Å². The van der Waals surface area contributed by atoms with Gasteiger partial charge in [-0.3, -0.25) is 4.90 Å². The molecule has 1 aliphatic heterocycles. The van der Waals surface area contributed by atoms with E-state index in [2.05, 4.69) is 30.5 Å². The largest absolute Gasteiger partial charge is 0.492 e. The number of rotatable bonds is 9. The van der Waals surface area contributed by atoms with Crippen molar-refractivity contribution < 1.29 is 14.3 Å². The Morgan fingerprint density at radius 2 is 1.84 bits per heavy atom. The number of amides is 2. The van der Waals surface area contributed by atoms with Crippen molar-refractivity contribution in [3.05, 3.63) is 59.9 Å². The number of fused-ring (bicyclic) bond motifs is 1. The van der Waals surface area contributed by atoms with E-state index in [1.165, 1.54) is 32.3 Å². The van der Waals surface area contributed by atoms with E-state index in [0.29, 0.717) is 34.6 Å². The van der Waals surface area contributed by atoms with Crippen LogP contribution in [0.25, 0.3) is 22.3 Å². The molecular weight excluding hydrogens is 504 g/mol. The second kappa shape index (κ2) is 10.9. The van der Waals surface area contributed by atoms with Crippen molar-refractivity contribution in [2.45, 2.75) is 31.7 Å². The second-order valence-corrected chi connectivity index (χ2v) is 10.1. The highest BCUT2D eigenvalue weighted by atomic mass is 35.5. The molecule has 3 heterocycles. The number of carbonyl (C=O) groups excluding carboxylic acids is 1. The van der Waals surface area contributed by atoms with Gasteiger partial charge in [-0.15, -0.1) is 0 Å². The molecule has 0 atom stereocenters. The van der Waals surface area contributed by atoms with Gasteiger partial charge in [0.15, 0.2) is 0 Å². The van der Waals surface area contributed by atoms with Crippen LogP contribution in [0, 0.1) is 0 Å². The fourth-order valence-electron chi connectivity index (χ4n) is 4.53. The third-order valence-electron chi connectivity index (χ3n) is 6.75. The van der Waals surface area contributed by atoms with Gasteiger partial charge in [-0.1, -0.05) is 11.6 Å². The molecule has 1 aliphatic carbocycles. The first kappa shape index (κ1) is 24.5. The molecule has 9 nitrogen and oxygen atoms in total. The van der Waals surface area contributed by atoms with Gasteiger partial charge in [0.2, 0.25) is 5.88 Å². The number of nitrogens with one attached hydrogen (secondary N) is 3. The highest BCUT2D eigenvalue weighted by molar-refractivity contribution is 6.33. The maximum Gasteiger partial charge on any atom is 0.319 e. The summed E-state index contributed by atoms with van der Waals surface area (Å²) >= 11 is 6.40.